The van der Waals surface area contributed by atoms with Crippen LogP contribution in [0.2, 0.25) is 0 Å². The standard InChI is InChI=1S/C16H20F3N5O2/c1-10-11(2)26-14(24-10)8-23-15(20-3)22-7-12-4-5-21-13(6-12)25-9-16(17,18)19/h4-6H,7-9H2,1-3H3,(H2,20,22,23). The van der Waals surface area contributed by atoms with Crippen molar-refractivity contribution in [3.05, 3.63) is 41.2 Å². The Labute approximate surface area is 148 Å². The molecule has 2 heterocycles. The van der Waals surface area contributed by atoms with E-state index < -0.39 is 12.8 Å². The van der Waals surface area contributed by atoms with Gasteiger partial charge in [-0.3, -0.25) is 4.99 Å². The zero-order valence-corrected chi connectivity index (χ0v) is 14.6. The summed E-state index contributed by atoms with van der Waals surface area (Å²) in [6, 6.07) is 3.11. The molecule has 2 aromatic rings. The number of nitrogens with zero attached hydrogens (tertiary/aromatic N) is 3. The number of aromatic nitrogens is 2. The Balaban J connectivity index is 1.85. The van der Waals surface area contributed by atoms with Crippen LogP contribution in [0.3, 0.4) is 0 Å². The average Bonchev–Trinajstić information content (AvgIpc) is 2.91. The minimum Gasteiger partial charge on any atom is -0.468 e. The Morgan fingerprint density at radius 3 is 2.62 bits per heavy atom. The number of guanidine groups is 1. The van der Waals surface area contributed by atoms with Gasteiger partial charge in [0, 0.05) is 25.9 Å². The van der Waals surface area contributed by atoms with Gasteiger partial charge in [-0.25, -0.2) is 9.97 Å². The number of aryl methyl sites for hydroxylation is 2. The second-order valence-corrected chi connectivity index (χ2v) is 5.43. The third kappa shape index (κ3) is 6.26. The van der Waals surface area contributed by atoms with Crippen LogP contribution in [-0.4, -0.2) is 35.8 Å². The van der Waals surface area contributed by atoms with Crippen LogP contribution < -0.4 is 15.4 Å². The van der Waals surface area contributed by atoms with Crippen molar-refractivity contribution in [2.45, 2.75) is 33.1 Å². The second-order valence-electron chi connectivity index (χ2n) is 5.43. The second kappa shape index (κ2) is 8.54. The molecular formula is C16H20F3N5O2. The summed E-state index contributed by atoms with van der Waals surface area (Å²) in [5.74, 6) is 1.70. The number of ether oxygens (including phenoxy) is 1. The SMILES string of the molecule is CN=C(NCc1ccnc(OCC(F)(F)F)c1)NCc1nc(C)c(C)o1. The van der Waals surface area contributed by atoms with Crippen molar-refractivity contribution in [3.63, 3.8) is 0 Å². The average molecular weight is 371 g/mol. The van der Waals surface area contributed by atoms with Crippen LogP contribution in [-0.2, 0) is 13.1 Å². The van der Waals surface area contributed by atoms with Gasteiger partial charge in [0.2, 0.25) is 11.8 Å². The van der Waals surface area contributed by atoms with Gasteiger partial charge in [0.25, 0.3) is 0 Å². The zero-order valence-electron chi connectivity index (χ0n) is 14.6. The maximum absolute atomic E-state index is 12.2. The maximum atomic E-state index is 12.2. The fraction of sp³-hybridized carbons (Fsp3) is 0.438. The molecule has 2 rings (SSSR count). The van der Waals surface area contributed by atoms with Crippen molar-refractivity contribution in [1.82, 2.24) is 20.6 Å². The molecule has 0 saturated heterocycles. The fourth-order valence-corrected chi connectivity index (χ4v) is 1.98. The van der Waals surface area contributed by atoms with Gasteiger partial charge >= 0.3 is 6.18 Å². The molecule has 0 bridgehead atoms. The first-order valence-electron chi connectivity index (χ1n) is 7.78. The van der Waals surface area contributed by atoms with Crippen LogP contribution in [0.5, 0.6) is 5.88 Å². The van der Waals surface area contributed by atoms with Gasteiger partial charge in [-0.05, 0) is 25.5 Å². The smallest absolute Gasteiger partial charge is 0.422 e. The van der Waals surface area contributed by atoms with Gasteiger partial charge in [-0.2, -0.15) is 13.2 Å². The van der Waals surface area contributed by atoms with Gasteiger partial charge in [-0.1, -0.05) is 0 Å². The molecule has 0 aromatic carbocycles. The molecule has 0 spiro atoms. The fourth-order valence-electron chi connectivity index (χ4n) is 1.98. The predicted octanol–water partition coefficient (Wildman–Crippen LogP) is 2.49. The summed E-state index contributed by atoms with van der Waals surface area (Å²) < 4.78 is 46.7. The van der Waals surface area contributed by atoms with E-state index in [1.807, 2.05) is 13.8 Å². The first kappa shape index (κ1) is 19.5. The van der Waals surface area contributed by atoms with E-state index in [0.29, 0.717) is 30.5 Å². The lowest BCUT2D eigenvalue weighted by atomic mass is 10.2. The molecule has 10 heteroatoms. The third-order valence-corrected chi connectivity index (χ3v) is 3.35. The molecule has 0 fully saturated rings. The molecule has 142 valence electrons. The molecule has 0 aliphatic rings. The lowest BCUT2D eigenvalue weighted by molar-refractivity contribution is -0.154. The summed E-state index contributed by atoms with van der Waals surface area (Å²) in [7, 11) is 1.60. The van der Waals surface area contributed by atoms with Gasteiger partial charge in [0.05, 0.1) is 12.2 Å². The van der Waals surface area contributed by atoms with Crippen molar-refractivity contribution in [2.24, 2.45) is 4.99 Å². The van der Waals surface area contributed by atoms with Crippen LogP contribution in [0.15, 0.2) is 27.7 Å². The molecule has 0 amide bonds. The Kier molecular flexibility index (Phi) is 6.42. The molecule has 0 atom stereocenters. The van der Waals surface area contributed by atoms with Crippen LogP contribution >= 0.6 is 0 Å². The largest absolute Gasteiger partial charge is 0.468 e. The number of rotatable bonds is 6. The molecule has 0 radical (unpaired) electrons. The van der Waals surface area contributed by atoms with Crippen molar-refractivity contribution >= 4 is 5.96 Å². The summed E-state index contributed by atoms with van der Waals surface area (Å²) in [5.41, 5.74) is 1.52. The highest BCUT2D eigenvalue weighted by molar-refractivity contribution is 5.79. The normalized spacial score (nSPS) is 12.2. The Morgan fingerprint density at radius 1 is 1.27 bits per heavy atom. The Hall–Kier alpha value is -2.78. The summed E-state index contributed by atoms with van der Waals surface area (Å²) in [6.07, 6.45) is -3.02. The summed E-state index contributed by atoms with van der Waals surface area (Å²) in [5, 5.41) is 6.08. The number of aliphatic imine (C=N–C) groups is 1. The Morgan fingerprint density at radius 2 is 2.00 bits per heavy atom. The Bertz CT molecular complexity index is 739. The number of halogens is 3. The molecule has 7 nitrogen and oxygen atoms in total. The van der Waals surface area contributed by atoms with E-state index >= 15 is 0 Å². The lowest BCUT2D eigenvalue weighted by Crippen LogP contribution is -2.36. The minimum atomic E-state index is -4.40. The molecule has 2 aromatic heterocycles. The van der Waals surface area contributed by atoms with E-state index in [2.05, 4.69) is 30.3 Å². The highest BCUT2D eigenvalue weighted by atomic mass is 19.4. The lowest BCUT2D eigenvalue weighted by Gasteiger charge is -2.12. The summed E-state index contributed by atoms with van der Waals surface area (Å²) >= 11 is 0. The quantitative estimate of drug-likeness (QED) is 0.600. The first-order chi connectivity index (χ1) is 12.3. The number of oxazole rings is 1. The highest BCUT2D eigenvalue weighted by Crippen LogP contribution is 2.17. The molecule has 0 aliphatic heterocycles. The number of hydrogen-bond acceptors (Lipinski definition) is 5. The van der Waals surface area contributed by atoms with Crippen molar-refractivity contribution in [3.8, 4) is 5.88 Å². The van der Waals surface area contributed by atoms with Gasteiger partial charge < -0.3 is 19.8 Å². The van der Waals surface area contributed by atoms with E-state index in [0.717, 1.165) is 11.5 Å². The zero-order chi connectivity index (χ0) is 19.2. The molecular weight excluding hydrogens is 351 g/mol. The first-order valence-corrected chi connectivity index (χ1v) is 7.78. The highest BCUT2D eigenvalue weighted by Gasteiger charge is 2.28. The van der Waals surface area contributed by atoms with Crippen LogP contribution in [0.25, 0.3) is 0 Å². The van der Waals surface area contributed by atoms with E-state index in [4.69, 9.17) is 4.42 Å². The number of pyridine rings is 1. The van der Waals surface area contributed by atoms with Gasteiger partial charge in [0.15, 0.2) is 12.6 Å². The van der Waals surface area contributed by atoms with Crippen molar-refractivity contribution in [2.75, 3.05) is 13.7 Å². The maximum Gasteiger partial charge on any atom is 0.422 e. The van der Waals surface area contributed by atoms with E-state index in [1.54, 1.807) is 13.1 Å². The van der Waals surface area contributed by atoms with Crippen LogP contribution in [0, 0.1) is 13.8 Å². The van der Waals surface area contributed by atoms with E-state index in [-0.39, 0.29) is 5.88 Å². The topological polar surface area (TPSA) is 84.6 Å². The van der Waals surface area contributed by atoms with Gasteiger partial charge in [0.1, 0.15) is 5.76 Å². The van der Waals surface area contributed by atoms with Crippen LogP contribution in [0.4, 0.5) is 13.2 Å². The molecule has 0 unspecified atom stereocenters. The minimum absolute atomic E-state index is 0.0877. The molecule has 0 aliphatic carbocycles. The van der Waals surface area contributed by atoms with Crippen molar-refractivity contribution < 1.29 is 22.3 Å². The number of alkyl halides is 3. The summed E-state index contributed by atoms with van der Waals surface area (Å²) in [4.78, 5) is 12.1. The summed E-state index contributed by atoms with van der Waals surface area (Å²) in [6.45, 7) is 2.99. The number of hydrogen-bond donors (Lipinski definition) is 2. The number of nitrogens with one attached hydrogen (secondary N) is 2. The van der Waals surface area contributed by atoms with Crippen molar-refractivity contribution in [1.29, 1.82) is 0 Å². The molecule has 26 heavy (non-hydrogen) atoms. The monoisotopic (exact) mass is 371 g/mol. The predicted molar refractivity (Wildman–Crippen MR) is 88.8 cm³/mol. The van der Waals surface area contributed by atoms with Crippen LogP contribution in [0.1, 0.15) is 22.9 Å². The molecule has 0 saturated carbocycles. The third-order valence-electron chi connectivity index (χ3n) is 3.35. The van der Waals surface area contributed by atoms with E-state index in [9.17, 15) is 13.2 Å². The van der Waals surface area contributed by atoms with E-state index in [1.165, 1.54) is 12.3 Å². The van der Waals surface area contributed by atoms with Gasteiger partial charge in [-0.15, -0.1) is 0 Å². The molecule has 2 N–H and O–H groups in total.